The molecule has 2 aliphatic heterocycles. The van der Waals surface area contributed by atoms with Gasteiger partial charge in [-0.2, -0.15) is 0 Å². The minimum absolute atomic E-state index is 0.0209. The van der Waals surface area contributed by atoms with E-state index in [2.05, 4.69) is 121 Å². The molecule has 0 saturated heterocycles. The van der Waals surface area contributed by atoms with Crippen molar-refractivity contribution in [2.45, 2.75) is 39.0 Å². The number of anilines is 4. The summed E-state index contributed by atoms with van der Waals surface area (Å²) in [5.74, 6) is 3.86. The summed E-state index contributed by atoms with van der Waals surface area (Å²) in [4.78, 5) is 9.42. The fourth-order valence-electron chi connectivity index (χ4n) is 8.88. The predicted octanol–water partition coefficient (Wildman–Crippen LogP) is 11.1. The lowest BCUT2D eigenvalue weighted by Crippen LogP contribution is -2.66. The van der Waals surface area contributed by atoms with Crippen molar-refractivity contribution in [3.63, 3.8) is 0 Å². The Labute approximate surface area is 416 Å². The Morgan fingerprint density at radius 1 is 0.507 bits per heavy atom. The van der Waals surface area contributed by atoms with E-state index in [9.17, 15) is 0 Å². The zero-order chi connectivity index (χ0) is 49.2. The number of nitrogens with zero attached hydrogens (tertiary/aromatic N) is 2. The molecule has 4 heterocycles. The van der Waals surface area contributed by atoms with Crippen LogP contribution >= 0.6 is 0 Å². The molecular weight excluding hydrogens is 909 g/mol. The lowest BCUT2D eigenvalue weighted by molar-refractivity contribution is 0.172. The second-order valence-electron chi connectivity index (χ2n) is 17.9. The van der Waals surface area contributed by atoms with Crippen LogP contribution in [0.25, 0.3) is 22.5 Å². The van der Waals surface area contributed by atoms with Gasteiger partial charge in [0.1, 0.15) is 37.8 Å². The molecule has 8 aromatic rings. The summed E-state index contributed by atoms with van der Waals surface area (Å²) in [6.45, 7) is 9.55. The van der Waals surface area contributed by atoms with Gasteiger partial charge in [-0.1, -0.05) is 118 Å². The summed E-state index contributed by atoms with van der Waals surface area (Å²) < 4.78 is 41.4. The molecule has 6 aromatic carbocycles. The van der Waals surface area contributed by atoms with Gasteiger partial charge in [0.2, 0.25) is 11.8 Å². The number of nitrogens with one attached hydrogen (secondary N) is 2. The van der Waals surface area contributed by atoms with Crippen molar-refractivity contribution in [2.75, 3.05) is 51.3 Å². The monoisotopic (exact) mass is 966 g/mol. The van der Waals surface area contributed by atoms with Gasteiger partial charge in [0.05, 0.1) is 38.8 Å². The van der Waals surface area contributed by atoms with Crippen LogP contribution in [0.1, 0.15) is 31.9 Å². The quantitative estimate of drug-likeness (QED) is 0.0896. The summed E-state index contributed by atoms with van der Waals surface area (Å²) in [5, 5.41) is 18.4. The summed E-state index contributed by atoms with van der Waals surface area (Å²) in [7, 11) is 0.598. The first-order valence-corrected chi connectivity index (χ1v) is 25.5. The molecule has 13 heteroatoms. The molecule has 0 amide bonds. The molecule has 362 valence electrons. The second-order valence-corrected chi connectivity index (χ2v) is 22.2. The standard InChI is InChI=1S/C37H38N2O4Si.C21H20N2O4/c1-37(2,3)44(29-12-7-5-8-13-29,30-14-9-6-10-15-30)43-26-27-18-20-28(21-19-27)38-33-23-22-32(39-36(33)40-4)31-16-11-17-34-35(31)42-25-24-41-34;1-25-21-18(22-15-7-5-14(13-24)6-8-15)10-9-17(23-21)16-3-2-4-19-20(16)27-12-11-26-19/h5-23,38H,24-26H2,1-4H3;2-10,22,24H,11-13H2,1H3. The van der Waals surface area contributed by atoms with Crippen molar-refractivity contribution in [3.8, 4) is 57.3 Å². The number of hydrogen-bond acceptors (Lipinski definition) is 12. The van der Waals surface area contributed by atoms with Crippen molar-refractivity contribution in [2.24, 2.45) is 0 Å². The average Bonchev–Trinajstić information content (AvgIpc) is 3.42. The number of para-hydroxylation sites is 2. The van der Waals surface area contributed by atoms with Crippen LogP contribution in [0.15, 0.2) is 170 Å². The number of hydrogen-bond donors (Lipinski definition) is 3. The Balaban J connectivity index is 0.000000197. The number of rotatable bonds is 14. The number of methoxy groups -OCH3 is 2. The van der Waals surface area contributed by atoms with E-state index in [0.29, 0.717) is 56.3 Å². The summed E-state index contributed by atoms with van der Waals surface area (Å²) >= 11 is 0. The van der Waals surface area contributed by atoms with Crippen molar-refractivity contribution in [1.82, 2.24) is 9.97 Å². The highest BCUT2D eigenvalue weighted by Gasteiger charge is 2.50. The number of pyridine rings is 2. The second kappa shape index (κ2) is 21.8. The first-order chi connectivity index (χ1) is 34.7. The zero-order valence-electron chi connectivity index (χ0n) is 40.6. The maximum Gasteiger partial charge on any atom is 0.261 e. The first kappa shape index (κ1) is 48.2. The smallest absolute Gasteiger partial charge is 0.261 e. The number of aromatic nitrogens is 2. The third kappa shape index (κ3) is 10.7. The average molecular weight is 967 g/mol. The molecule has 12 nitrogen and oxygen atoms in total. The van der Waals surface area contributed by atoms with Crippen LogP contribution in [-0.4, -0.2) is 64.0 Å². The van der Waals surface area contributed by atoms with Crippen LogP contribution in [0.5, 0.6) is 34.8 Å². The SMILES string of the molecule is COc1nc(-c2cccc3c2OCCO3)ccc1Nc1ccc(CO)cc1.COc1nc(-c2cccc3c2OCCO3)ccc1Nc1ccc(CO[Si](c2ccccc2)(c2ccccc2)C(C)(C)C)cc1. The molecular formula is C58H58N4O8Si. The maximum absolute atomic E-state index is 9.15. The Kier molecular flexibility index (Phi) is 14.8. The van der Waals surface area contributed by atoms with E-state index in [0.717, 1.165) is 67.9 Å². The van der Waals surface area contributed by atoms with Crippen LogP contribution < -0.4 is 49.4 Å². The minimum Gasteiger partial charge on any atom is -0.486 e. The van der Waals surface area contributed by atoms with Gasteiger partial charge in [-0.05, 0) is 99.3 Å². The van der Waals surface area contributed by atoms with Gasteiger partial charge in [0.15, 0.2) is 23.0 Å². The molecule has 2 aromatic heterocycles. The predicted molar refractivity (Wildman–Crippen MR) is 282 cm³/mol. The normalized spacial score (nSPS) is 12.8. The molecule has 0 spiro atoms. The highest BCUT2D eigenvalue weighted by Crippen LogP contribution is 2.43. The van der Waals surface area contributed by atoms with Crippen LogP contribution in [0, 0.1) is 0 Å². The van der Waals surface area contributed by atoms with Crippen LogP contribution in [0.2, 0.25) is 5.04 Å². The summed E-state index contributed by atoms with van der Waals surface area (Å²) in [6.07, 6.45) is 0. The molecule has 2 aliphatic rings. The van der Waals surface area contributed by atoms with Gasteiger partial charge in [-0.3, -0.25) is 0 Å². The van der Waals surface area contributed by atoms with E-state index in [1.165, 1.54) is 10.4 Å². The van der Waals surface area contributed by atoms with Crippen LogP contribution in [0.3, 0.4) is 0 Å². The number of benzene rings is 6. The Hall–Kier alpha value is -7.84. The zero-order valence-corrected chi connectivity index (χ0v) is 41.6. The third-order valence-corrected chi connectivity index (χ3v) is 17.3. The van der Waals surface area contributed by atoms with Crippen LogP contribution in [0.4, 0.5) is 22.7 Å². The van der Waals surface area contributed by atoms with Gasteiger partial charge in [0.25, 0.3) is 8.32 Å². The topological polar surface area (TPSA) is 135 Å². The van der Waals surface area contributed by atoms with E-state index in [1.807, 2.05) is 84.9 Å². The fourth-order valence-corrected chi connectivity index (χ4v) is 13.4. The van der Waals surface area contributed by atoms with Crippen molar-refractivity contribution in [1.29, 1.82) is 0 Å². The van der Waals surface area contributed by atoms with Gasteiger partial charge < -0.3 is 48.6 Å². The lowest BCUT2D eigenvalue weighted by Gasteiger charge is -2.43. The highest BCUT2D eigenvalue weighted by molar-refractivity contribution is 6.99. The fraction of sp³-hybridized carbons (Fsp3) is 0.207. The van der Waals surface area contributed by atoms with Gasteiger partial charge in [-0.25, -0.2) is 9.97 Å². The number of aliphatic hydroxyl groups is 1. The largest absolute Gasteiger partial charge is 0.486 e. The molecule has 0 fully saturated rings. The van der Waals surface area contributed by atoms with Crippen LogP contribution in [-0.2, 0) is 17.6 Å². The van der Waals surface area contributed by atoms with Gasteiger partial charge >= 0.3 is 0 Å². The molecule has 0 unspecified atom stereocenters. The van der Waals surface area contributed by atoms with E-state index in [1.54, 1.807) is 14.2 Å². The minimum atomic E-state index is -2.62. The summed E-state index contributed by atoms with van der Waals surface area (Å²) in [6, 6.07) is 56.7. The summed E-state index contributed by atoms with van der Waals surface area (Å²) in [5.41, 5.74) is 8.55. The number of fused-ring (bicyclic) bond motifs is 2. The molecule has 0 radical (unpaired) electrons. The Bertz CT molecular complexity index is 3000. The maximum atomic E-state index is 9.15. The Morgan fingerprint density at radius 2 is 0.944 bits per heavy atom. The van der Waals surface area contributed by atoms with Gasteiger partial charge in [-0.15, -0.1) is 0 Å². The Morgan fingerprint density at radius 3 is 1.37 bits per heavy atom. The van der Waals surface area contributed by atoms with E-state index in [-0.39, 0.29) is 11.6 Å². The van der Waals surface area contributed by atoms with E-state index < -0.39 is 8.32 Å². The van der Waals surface area contributed by atoms with Crippen molar-refractivity contribution < 1.29 is 38.0 Å². The highest BCUT2D eigenvalue weighted by atomic mass is 28.4. The van der Waals surface area contributed by atoms with E-state index in [4.69, 9.17) is 42.9 Å². The molecule has 0 aliphatic carbocycles. The van der Waals surface area contributed by atoms with Gasteiger partial charge in [0, 0.05) is 22.5 Å². The first-order valence-electron chi connectivity index (χ1n) is 23.6. The molecule has 0 atom stereocenters. The molecule has 71 heavy (non-hydrogen) atoms. The molecule has 3 N–H and O–H groups in total. The number of ether oxygens (including phenoxy) is 6. The molecule has 0 bridgehead atoms. The van der Waals surface area contributed by atoms with E-state index >= 15 is 0 Å². The third-order valence-electron chi connectivity index (χ3n) is 12.3. The molecule has 10 rings (SSSR count). The van der Waals surface area contributed by atoms with Crippen molar-refractivity contribution in [3.05, 3.63) is 181 Å². The lowest BCUT2D eigenvalue weighted by atomic mass is 10.1. The van der Waals surface area contributed by atoms with Crippen molar-refractivity contribution >= 4 is 41.4 Å². The number of aliphatic hydroxyl groups excluding tert-OH is 1. The molecule has 0 saturated carbocycles.